The third kappa shape index (κ3) is 3.93. The number of nitrogens with zero attached hydrogens (tertiary/aromatic N) is 5. The van der Waals surface area contributed by atoms with Crippen LogP contribution in [0.1, 0.15) is 46.0 Å². The molecule has 25 heavy (non-hydrogen) atoms. The summed E-state index contributed by atoms with van der Waals surface area (Å²) in [6.45, 7) is 7.72. The minimum atomic E-state index is -0.444. The maximum Gasteiger partial charge on any atom is 0.353 e. The van der Waals surface area contributed by atoms with Gasteiger partial charge in [-0.25, -0.2) is 0 Å². The van der Waals surface area contributed by atoms with Gasteiger partial charge in [0.15, 0.2) is 0 Å². The molecule has 0 spiro atoms. The van der Waals surface area contributed by atoms with E-state index in [1.54, 1.807) is 0 Å². The van der Waals surface area contributed by atoms with E-state index in [0.29, 0.717) is 23.6 Å². The van der Waals surface area contributed by atoms with Crippen molar-refractivity contribution < 1.29 is 4.92 Å². The number of hydrogen-bond acceptors (Lipinski definition) is 7. The molecule has 0 bridgehead atoms. The Balaban J connectivity index is 1.99. The van der Waals surface area contributed by atoms with Crippen molar-refractivity contribution in [3.05, 3.63) is 10.1 Å². The van der Waals surface area contributed by atoms with Gasteiger partial charge in [-0.15, -0.1) is 0 Å². The van der Waals surface area contributed by atoms with Crippen molar-refractivity contribution in [1.29, 1.82) is 0 Å². The molecule has 1 aromatic rings. The number of nitro groups is 1. The third-order valence-electron chi connectivity index (χ3n) is 5.12. The molecule has 138 valence electrons. The van der Waals surface area contributed by atoms with Crippen LogP contribution >= 0.6 is 0 Å². The van der Waals surface area contributed by atoms with Crippen molar-refractivity contribution in [2.75, 3.05) is 41.7 Å². The number of aromatic nitrogens is 2. The standard InChI is InChI=1S/C17H28N6O2/c1-12-9-13(2)11-22(10-12)17-19-15(18)14(23(24)25)16(20-17)21-7-5-3-4-6-8-21/h12-13H,3-11H2,1-2H3,(H2,18,19,20)/t12-,13+. The van der Waals surface area contributed by atoms with Crippen LogP contribution in [0, 0.1) is 22.0 Å². The Morgan fingerprint density at radius 2 is 1.64 bits per heavy atom. The Bertz CT molecular complexity index is 620. The molecule has 2 aliphatic rings. The lowest BCUT2D eigenvalue weighted by atomic mass is 9.92. The van der Waals surface area contributed by atoms with Crippen LogP contribution in [-0.2, 0) is 0 Å². The van der Waals surface area contributed by atoms with Gasteiger partial charge in [0.25, 0.3) is 0 Å². The van der Waals surface area contributed by atoms with Crippen molar-refractivity contribution >= 4 is 23.3 Å². The largest absolute Gasteiger partial charge is 0.378 e. The van der Waals surface area contributed by atoms with Crippen LogP contribution in [0.2, 0.25) is 0 Å². The van der Waals surface area contributed by atoms with Crippen LogP contribution in [0.4, 0.5) is 23.3 Å². The van der Waals surface area contributed by atoms with E-state index >= 15 is 0 Å². The summed E-state index contributed by atoms with van der Waals surface area (Å²) in [4.78, 5) is 24.2. The van der Waals surface area contributed by atoms with Crippen LogP contribution in [-0.4, -0.2) is 41.1 Å². The van der Waals surface area contributed by atoms with Gasteiger partial charge in [-0.3, -0.25) is 10.1 Å². The molecular formula is C17H28N6O2. The summed E-state index contributed by atoms with van der Waals surface area (Å²) in [6, 6.07) is 0. The number of hydrogen-bond donors (Lipinski definition) is 1. The zero-order valence-electron chi connectivity index (χ0n) is 15.1. The molecule has 8 nitrogen and oxygen atoms in total. The van der Waals surface area contributed by atoms with Crippen LogP contribution in [0.3, 0.4) is 0 Å². The molecule has 3 rings (SSSR count). The lowest BCUT2D eigenvalue weighted by Gasteiger charge is -2.35. The average Bonchev–Trinajstić information content (AvgIpc) is 2.82. The highest BCUT2D eigenvalue weighted by Gasteiger charge is 2.31. The normalized spacial score (nSPS) is 24.9. The second-order valence-corrected chi connectivity index (χ2v) is 7.59. The van der Waals surface area contributed by atoms with Crippen LogP contribution in [0.5, 0.6) is 0 Å². The highest BCUT2D eigenvalue weighted by molar-refractivity contribution is 5.71. The Labute approximate surface area is 148 Å². The summed E-state index contributed by atoms with van der Waals surface area (Å²) in [6.07, 6.45) is 5.53. The summed E-state index contributed by atoms with van der Waals surface area (Å²) >= 11 is 0. The summed E-state index contributed by atoms with van der Waals surface area (Å²) in [5.74, 6) is 1.98. The zero-order valence-corrected chi connectivity index (χ0v) is 15.1. The first-order chi connectivity index (χ1) is 12.0. The highest BCUT2D eigenvalue weighted by Crippen LogP contribution is 2.35. The van der Waals surface area contributed by atoms with Gasteiger partial charge in [-0.05, 0) is 31.1 Å². The van der Waals surface area contributed by atoms with Crippen LogP contribution in [0.25, 0.3) is 0 Å². The fourth-order valence-electron chi connectivity index (χ4n) is 4.09. The van der Waals surface area contributed by atoms with Gasteiger partial charge in [0.1, 0.15) is 0 Å². The van der Waals surface area contributed by atoms with E-state index in [1.807, 2.05) is 4.90 Å². The highest BCUT2D eigenvalue weighted by atomic mass is 16.6. The second-order valence-electron chi connectivity index (χ2n) is 7.59. The summed E-state index contributed by atoms with van der Waals surface area (Å²) in [5.41, 5.74) is 5.85. The van der Waals surface area contributed by atoms with Gasteiger partial charge in [0.05, 0.1) is 4.92 Å². The van der Waals surface area contributed by atoms with Crippen molar-refractivity contribution in [3.8, 4) is 0 Å². The molecule has 0 saturated carbocycles. The Morgan fingerprint density at radius 3 is 2.20 bits per heavy atom. The smallest absolute Gasteiger partial charge is 0.353 e. The number of nitrogen functional groups attached to an aromatic ring is 1. The van der Waals surface area contributed by atoms with Gasteiger partial charge < -0.3 is 15.5 Å². The van der Waals surface area contributed by atoms with Gasteiger partial charge in [0, 0.05) is 26.2 Å². The van der Waals surface area contributed by atoms with E-state index in [1.165, 1.54) is 6.42 Å². The summed E-state index contributed by atoms with van der Waals surface area (Å²) in [7, 11) is 0. The van der Waals surface area contributed by atoms with Crippen molar-refractivity contribution in [1.82, 2.24) is 9.97 Å². The van der Waals surface area contributed by atoms with Crippen molar-refractivity contribution in [2.24, 2.45) is 11.8 Å². The molecule has 0 amide bonds. The molecule has 2 N–H and O–H groups in total. The first-order valence-corrected chi connectivity index (χ1v) is 9.27. The number of rotatable bonds is 3. The first kappa shape index (κ1) is 17.7. The Kier molecular flexibility index (Phi) is 5.24. The molecule has 2 aliphatic heterocycles. The molecule has 3 heterocycles. The van der Waals surface area contributed by atoms with Crippen LogP contribution in [0.15, 0.2) is 0 Å². The van der Waals surface area contributed by atoms with Crippen molar-refractivity contribution in [3.63, 3.8) is 0 Å². The van der Waals surface area contributed by atoms with E-state index < -0.39 is 4.92 Å². The molecule has 2 atom stereocenters. The molecule has 0 unspecified atom stereocenters. The fourth-order valence-corrected chi connectivity index (χ4v) is 4.09. The fraction of sp³-hybridized carbons (Fsp3) is 0.765. The predicted molar refractivity (Wildman–Crippen MR) is 98.9 cm³/mol. The van der Waals surface area contributed by atoms with Crippen molar-refractivity contribution in [2.45, 2.75) is 46.0 Å². The van der Waals surface area contributed by atoms with E-state index in [4.69, 9.17) is 5.73 Å². The average molecular weight is 348 g/mol. The zero-order chi connectivity index (χ0) is 18.0. The maximum atomic E-state index is 11.6. The van der Waals surface area contributed by atoms with Crippen LogP contribution < -0.4 is 15.5 Å². The lowest BCUT2D eigenvalue weighted by molar-refractivity contribution is -0.383. The maximum absolute atomic E-state index is 11.6. The molecular weight excluding hydrogens is 320 g/mol. The van der Waals surface area contributed by atoms with Gasteiger partial charge in [0.2, 0.25) is 17.6 Å². The molecule has 8 heteroatoms. The molecule has 0 aromatic carbocycles. The third-order valence-corrected chi connectivity index (χ3v) is 5.12. The van der Waals surface area contributed by atoms with E-state index in [-0.39, 0.29) is 11.5 Å². The van der Waals surface area contributed by atoms with Gasteiger partial charge in [-0.1, -0.05) is 26.7 Å². The van der Waals surface area contributed by atoms with E-state index in [9.17, 15) is 10.1 Å². The number of nitrogens with two attached hydrogens (primary N) is 1. The second kappa shape index (κ2) is 7.41. The molecule has 0 aliphatic carbocycles. The Hall–Kier alpha value is -2.12. The number of piperidine rings is 1. The predicted octanol–water partition coefficient (Wildman–Crippen LogP) is 2.83. The topological polar surface area (TPSA) is 101 Å². The quantitative estimate of drug-likeness (QED) is 0.662. The van der Waals surface area contributed by atoms with E-state index in [2.05, 4.69) is 28.7 Å². The summed E-state index contributed by atoms with van der Waals surface area (Å²) < 4.78 is 0. The SMILES string of the molecule is C[C@@H]1C[C@H](C)CN(c2nc(N)c([N+](=O)[O-])c(N3CCCCCC3)n2)C1. The lowest BCUT2D eigenvalue weighted by Crippen LogP contribution is -2.40. The van der Waals surface area contributed by atoms with Gasteiger partial charge in [-0.2, -0.15) is 9.97 Å². The molecule has 2 fully saturated rings. The Morgan fingerprint density at radius 1 is 1.04 bits per heavy atom. The molecule has 1 aromatic heterocycles. The van der Waals surface area contributed by atoms with Gasteiger partial charge >= 0.3 is 5.69 Å². The molecule has 0 radical (unpaired) electrons. The minimum absolute atomic E-state index is 0.0277. The first-order valence-electron chi connectivity index (χ1n) is 9.27. The number of anilines is 3. The minimum Gasteiger partial charge on any atom is -0.378 e. The van der Waals surface area contributed by atoms with E-state index in [0.717, 1.165) is 51.9 Å². The summed E-state index contributed by atoms with van der Waals surface area (Å²) in [5, 5.41) is 11.6. The molecule has 2 saturated heterocycles. The monoisotopic (exact) mass is 348 g/mol.